The zero-order valence-corrected chi connectivity index (χ0v) is 7.44. The van der Waals surface area contributed by atoms with Gasteiger partial charge in [-0.3, -0.25) is 0 Å². The van der Waals surface area contributed by atoms with Gasteiger partial charge in [0, 0.05) is 12.6 Å². The standard InChI is InChI=1S/C6H13NO.BrH/c1-2-6-5-8-4-3-7-6;/h6-7H,2-5H2,1H3;1H. The molecular weight excluding hydrogens is 182 g/mol. The molecule has 1 saturated heterocycles. The molecule has 1 atom stereocenters. The Morgan fingerprint density at radius 2 is 2.44 bits per heavy atom. The Morgan fingerprint density at radius 1 is 1.67 bits per heavy atom. The third-order valence-electron chi connectivity index (χ3n) is 1.49. The van der Waals surface area contributed by atoms with Crippen molar-refractivity contribution in [3.8, 4) is 0 Å². The van der Waals surface area contributed by atoms with Gasteiger partial charge in [0.25, 0.3) is 0 Å². The fraction of sp³-hybridized carbons (Fsp3) is 1.00. The molecule has 1 rings (SSSR count). The number of hydrogen-bond acceptors (Lipinski definition) is 2. The number of ether oxygens (including phenoxy) is 1. The second kappa shape index (κ2) is 5.21. The summed E-state index contributed by atoms with van der Waals surface area (Å²) in [6.45, 7) is 4.98. The molecule has 1 fully saturated rings. The van der Waals surface area contributed by atoms with Crippen LogP contribution in [0.25, 0.3) is 0 Å². The van der Waals surface area contributed by atoms with Crippen LogP contribution in [-0.2, 0) is 4.74 Å². The summed E-state index contributed by atoms with van der Waals surface area (Å²) in [5, 5.41) is 3.34. The number of rotatable bonds is 1. The minimum absolute atomic E-state index is 0. The molecule has 1 aliphatic rings. The highest BCUT2D eigenvalue weighted by Crippen LogP contribution is 1.95. The normalized spacial score (nSPS) is 27.0. The summed E-state index contributed by atoms with van der Waals surface area (Å²) in [4.78, 5) is 0. The Balaban J connectivity index is 0.000000640. The van der Waals surface area contributed by atoms with E-state index in [1.807, 2.05) is 0 Å². The van der Waals surface area contributed by atoms with Crippen molar-refractivity contribution < 1.29 is 4.74 Å². The minimum atomic E-state index is 0. The molecule has 0 aromatic heterocycles. The van der Waals surface area contributed by atoms with Gasteiger partial charge in [-0.2, -0.15) is 0 Å². The summed E-state index contributed by atoms with van der Waals surface area (Å²) in [5.74, 6) is 0. The van der Waals surface area contributed by atoms with E-state index in [1.165, 1.54) is 6.42 Å². The van der Waals surface area contributed by atoms with E-state index in [-0.39, 0.29) is 17.0 Å². The molecule has 56 valence electrons. The monoisotopic (exact) mass is 195 g/mol. The number of nitrogens with one attached hydrogen (secondary N) is 1. The Bertz CT molecular complexity index is 64.1. The highest BCUT2D eigenvalue weighted by atomic mass is 79.9. The van der Waals surface area contributed by atoms with E-state index in [0.29, 0.717) is 6.04 Å². The first-order chi connectivity index (χ1) is 3.93. The SMILES string of the molecule is Br.CCC1COCCN1. The number of morpholine rings is 1. The molecule has 0 aromatic carbocycles. The van der Waals surface area contributed by atoms with E-state index in [0.717, 1.165) is 19.8 Å². The lowest BCUT2D eigenvalue weighted by Crippen LogP contribution is -2.40. The van der Waals surface area contributed by atoms with Crippen LogP contribution in [0.2, 0.25) is 0 Å². The van der Waals surface area contributed by atoms with E-state index in [1.54, 1.807) is 0 Å². The average molecular weight is 196 g/mol. The van der Waals surface area contributed by atoms with Crippen LogP contribution in [0.1, 0.15) is 13.3 Å². The van der Waals surface area contributed by atoms with Gasteiger partial charge in [-0.1, -0.05) is 6.92 Å². The lowest BCUT2D eigenvalue weighted by atomic mass is 10.2. The van der Waals surface area contributed by atoms with Crippen LogP contribution in [0.15, 0.2) is 0 Å². The lowest BCUT2D eigenvalue weighted by Gasteiger charge is -2.21. The first-order valence-corrected chi connectivity index (χ1v) is 3.24. The Hall–Kier alpha value is 0.400. The topological polar surface area (TPSA) is 21.3 Å². The Morgan fingerprint density at radius 3 is 2.78 bits per heavy atom. The molecule has 0 radical (unpaired) electrons. The summed E-state index contributed by atoms with van der Waals surface area (Å²) in [7, 11) is 0. The van der Waals surface area contributed by atoms with Crippen molar-refractivity contribution >= 4 is 17.0 Å². The van der Waals surface area contributed by atoms with Gasteiger partial charge in [0.1, 0.15) is 0 Å². The predicted octanol–water partition coefficient (Wildman–Crippen LogP) is 0.963. The van der Waals surface area contributed by atoms with E-state index in [4.69, 9.17) is 4.74 Å². The highest BCUT2D eigenvalue weighted by molar-refractivity contribution is 8.93. The van der Waals surface area contributed by atoms with E-state index >= 15 is 0 Å². The summed E-state index contributed by atoms with van der Waals surface area (Å²) in [6, 6.07) is 0.615. The van der Waals surface area contributed by atoms with Gasteiger partial charge in [0.05, 0.1) is 13.2 Å². The number of halogens is 1. The molecular formula is C6H14BrNO. The molecule has 0 bridgehead atoms. The van der Waals surface area contributed by atoms with Crippen molar-refractivity contribution in [1.29, 1.82) is 0 Å². The van der Waals surface area contributed by atoms with Crippen LogP contribution in [0.5, 0.6) is 0 Å². The third kappa shape index (κ3) is 3.18. The second-order valence-corrected chi connectivity index (χ2v) is 2.13. The van der Waals surface area contributed by atoms with Gasteiger partial charge in [-0.05, 0) is 6.42 Å². The molecule has 0 saturated carbocycles. The molecule has 0 aromatic rings. The van der Waals surface area contributed by atoms with Crippen LogP contribution >= 0.6 is 17.0 Å². The van der Waals surface area contributed by atoms with Crippen molar-refractivity contribution in [2.45, 2.75) is 19.4 Å². The molecule has 1 N–H and O–H groups in total. The second-order valence-electron chi connectivity index (χ2n) is 2.13. The molecule has 1 unspecified atom stereocenters. The largest absolute Gasteiger partial charge is 0.379 e. The molecule has 0 aliphatic carbocycles. The molecule has 0 spiro atoms. The van der Waals surface area contributed by atoms with E-state index in [9.17, 15) is 0 Å². The van der Waals surface area contributed by atoms with Crippen LogP contribution < -0.4 is 5.32 Å². The van der Waals surface area contributed by atoms with Crippen molar-refractivity contribution in [2.75, 3.05) is 19.8 Å². The van der Waals surface area contributed by atoms with Crippen LogP contribution in [-0.4, -0.2) is 25.8 Å². The number of hydrogen-bond donors (Lipinski definition) is 1. The minimum Gasteiger partial charge on any atom is -0.379 e. The summed E-state index contributed by atoms with van der Waals surface area (Å²) in [6.07, 6.45) is 1.18. The fourth-order valence-electron chi connectivity index (χ4n) is 0.882. The maximum absolute atomic E-state index is 5.21. The maximum atomic E-state index is 5.21. The van der Waals surface area contributed by atoms with Crippen molar-refractivity contribution in [3.05, 3.63) is 0 Å². The first-order valence-electron chi connectivity index (χ1n) is 3.24. The first kappa shape index (κ1) is 9.40. The maximum Gasteiger partial charge on any atom is 0.0620 e. The van der Waals surface area contributed by atoms with Gasteiger partial charge >= 0.3 is 0 Å². The molecule has 3 heteroatoms. The zero-order chi connectivity index (χ0) is 5.82. The van der Waals surface area contributed by atoms with Gasteiger partial charge < -0.3 is 10.1 Å². The molecule has 0 amide bonds. The fourth-order valence-corrected chi connectivity index (χ4v) is 0.882. The average Bonchev–Trinajstić information content (AvgIpc) is 1.90. The van der Waals surface area contributed by atoms with E-state index in [2.05, 4.69) is 12.2 Å². The molecule has 2 nitrogen and oxygen atoms in total. The van der Waals surface area contributed by atoms with Crippen LogP contribution in [0.4, 0.5) is 0 Å². The van der Waals surface area contributed by atoms with Crippen molar-refractivity contribution in [3.63, 3.8) is 0 Å². The molecule has 1 heterocycles. The zero-order valence-electron chi connectivity index (χ0n) is 5.72. The Kier molecular flexibility index (Phi) is 5.44. The highest BCUT2D eigenvalue weighted by Gasteiger charge is 2.08. The predicted molar refractivity (Wildman–Crippen MR) is 43.2 cm³/mol. The molecule has 1 aliphatic heterocycles. The van der Waals surface area contributed by atoms with Crippen molar-refractivity contribution in [1.82, 2.24) is 5.32 Å². The van der Waals surface area contributed by atoms with E-state index < -0.39 is 0 Å². The van der Waals surface area contributed by atoms with Gasteiger partial charge in [0.15, 0.2) is 0 Å². The van der Waals surface area contributed by atoms with Crippen molar-refractivity contribution in [2.24, 2.45) is 0 Å². The van der Waals surface area contributed by atoms with Gasteiger partial charge in [-0.15, -0.1) is 17.0 Å². The third-order valence-corrected chi connectivity index (χ3v) is 1.49. The summed E-state index contributed by atoms with van der Waals surface area (Å²) in [5.41, 5.74) is 0. The van der Waals surface area contributed by atoms with Gasteiger partial charge in [-0.25, -0.2) is 0 Å². The summed E-state index contributed by atoms with van der Waals surface area (Å²) >= 11 is 0. The molecule has 9 heavy (non-hydrogen) atoms. The van der Waals surface area contributed by atoms with Crippen LogP contribution in [0, 0.1) is 0 Å². The van der Waals surface area contributed by atoms with Gasteiger partial charge in [0.2, 0.25) is 0 Å². The summed E-state index contributed by atoms with van der Waals surface area (Å²) < 4.78 is 5.21. The smallest absolute Gasteiger partial charge is 0.0620 e. The quantitative estimate of drug-likeness (QED) is 0.674. The van der Waals surface area contributed by atoms with Crippen LogP contribution in [0.3, 0.4) is 0 Å². The Labute approximate surface area is 66.7 Å². The lowest BCUT2D eigenvalue weighted by molar-refractivity contribution is 0.0758.